The second-order valence-electron chi connectivity index (χ2n) is 0.741. The first-order chi connectivity index (χ1) is 3.73. The van der Waals surface area contributed by atoms with Crippen LogP contribution < -0.4 is 34.0 Å². The molecule has 0 bridgehead atoms. The van der Waals surface area contributed by atoms with Gasteiger partial charge in [-0.2, -0.15) is 0 Å². The maximum Gasteiger partial charge on any atom is 2.00 e. The third-order valence-electron chi connectivity index (χ3n) is 0. The van der Waals surface area contributed by atoms with Crippen LogP contribution in [0.5, 0.6) is 0 Å². The van der Waals surface area contributed by atoms with E-state index in [2.05, 4.69) is 0 Å². The number of hydrogen-bond donors (Lipinski definition) is 2. The van der Waals surface area contributed by atoms with Gasteiger partial charge in [-0.15, -0.1) is 0 Å². The van der Waals surface area contributed by atoms with Crippen molar-refractivity contribution < 1.29 is 70.2 Å². The molecule has 0 amide bonds. The smallest absolute Gasteiger partial charge is 0.756 e. The first-order valence-electron chi connectivity index (χ1n) is 1.38. The third-order valence-corrected chi connectivity index (χ3v) is 0. The Labute approximate surface area is 84.3 Å². The van der Waals surface area contributed by atoms with Crippen LogP contribution in [-0.2, 0) is 21.6 Å². The van der Waals surface area contributed by atoms with Gasteiger partial charge in [0.1, 0.15) is 0 Å². The molecule has 0 heterocycles. The number of carbonyl (C=O) groups excluding carboxylic acids is 1. The fourth-order valence-electron chi connectivity index (χ4n) is 0. The predicted octanol–water partition coefficient (Wildman–Crippen LogP) is -7.01. The molecular weight excluding hydrogens is 218 g/mol. The summed E-state index contributed by atoms with van der Waals surface area (Å²) < 4.78 is 8.77. The Morgan fingerprint density at radius 1 is 1.27 bits per heavy atom. The Morgan fingerprint density at radius 3 is 1.27 bits per heavy atom. The SMILES string of the molecule is O=C([O-])[O-].O=P([O-])(O)O.[Fe+2].[Li+]. The predicted molar refractivity (Wildman–Crippen MR) is 17.4 cm³/mol. The number of phosphoric acid groups is 1. The summed E-state index contributed by atoms with van der Waals surface area (Å²) in [6.45, 7) is 0. The van der Waals surface area contributed by atoms with E-state index in [0.29, 0.717) is 0 Å². The molecule has 0 saturated carbocycles. The van der Waals surface area contributed by atoms with E-state index in [1.165, 1.54) is 0 Å². The second kappa shape index (κ2) is 10.5. The minimum Gasteiger partial charge on any atom is -0.756 e. The third kappa shape index (κ3) is 3070. The Kier molecular flexibility index (Phi) is 21.5. The van der Waals surface area contributed by atoms with Crippen LogP contribution in [0.3, 0.4) is 0 Å². The molecule has 0 spiro atoms. The van der Waals surface area contributed by atoms with Crippen molar-refractivity contribution in [2.75, 3.05) is 0 Å². The molecule has 0 aliphatic heterocycles. The van der Waals surface area contributed by atoms with Crippen LogP contribution in [0.2, 0.25) is 0 Å². The molecule has 2 N–H and O–H groups in total. The Bertz CT molecular complexity index is 118. The summed E-state index contributed by atoms with van der Waals surface area (Å²) in [6, 6.07) is 0. The van der Waals surface area contributed by atoms with Crippen molar-refractivity contribution in [3.05, 3.63) is 0 Å². The van der Waals surface area contributed by atoms with E-state index in [9.17, 15) is 0 Å². The molecule has 0 aromatic carbocycles. The Hall–Kier alpha value is 0.497. The zero-order valence-corrected chi connectivity index (χ0v) is 7.24. The molecule has 0 aromatic rings. The van der Waals surface area contributed by atoms with E-state index in [-0.39, 0.29) is 35.9 Å². The van der Waals surface area contributed by atoms with Gasteiger partial charge in [-0.3, -0.25) is 4.57 Å². The number of carbonyl (C=O) groups is 1. The maximum absolute atomic E-state index is 8.77. The zero-order valence-electron chi connectivity index (χ0n) is 5.24. The van der Waals surface area contributed by atoms with Crippen LogP contribution in [0, 0.1) is 0 Å². The molecule has 11 heavy (non-hydrogen) atoms. The fourth-order valence-corrected chi connectivity index (χ4v) is 0. The van der Waals surface area contributed by atoms with Gasteiger partial charge >= 0.3 is 35.9 Å². The molecule has 62 valence electrons. The molecule has 0 saturated heterocycles. The van der Waals surface area contributed by atoms with E-state index in [1.807, 2.05) is 0 Å². The second-order valence-corrected chi connectivity index (χ2v) is 1.72. The molecule has 7 nitrogen and oxygen atoms in total. The molecule has 0 unspecified atom stereocenters. The quantitative estimate of drug-likeness (QED) is 0.304. The van der Waals surface area contributed by atoms with Crippen molar-refractivity contribution in [3.8, 4) is 0 Å². The molecule has 10 heteroatoms. The van der Waals surface area contributed by atoms with Gasteiger partial charge in [0.25, 0.3) is 7.82 Å². The van der Waals surface area contributed by atoms with E-state index >= 15 is 0 Å². The summed E-state index contributed by atoms with van der Waals surface area (Å²) in [4.78, 5) is 31.3. The zero-order chi connectivity index (χ0) is 8.08. The minimum absolute atomic E-state index is 0. The summed E-state index contributed by atoms with van der Waals surface area (Å²) in [7, 11) is -4.89. The summed E-state index contributed by atoms with van der Waals surface area (Å²) in [6.07, 6.45) is -2.33. The van der Waals surface area contributed by atoms with Crippen molar-refractivity contribution in [2.45, 2.75) is 0 Å². The van der Waals surface area contributed by atoms with Crippen LogP contribution in [0.15, 0.2) is 0 Å². The fraction of sp³-hybridized carbons (Fsp3) is 0. The maximum atomic E-state index is 8.77. The molecular formula is CH2FeLiO7P. The summed E-state index contributed by atoms with van der Waals surface area (Å²) >= 11 is 0. The van der Waals surface area contributed by atoms with Crippen molar-refractivity contribution in [1.29, 1.82) is 0 Å². The van der Waals surface area contributed by atoms with Gasteiger partial charge in [-0.25, -0.2) is 0 Å². The molecule has 0 aromatic heterocycles. The van der Waals surface area contributed by atoms with Crippen molar-refractivity contribution in [1.82, 2.24) is 0 Å². The van der Waals surface area contributed by atoms with Gasteiger partial charge < -0.3 is 29.7 Å². The van der Waals surface area contributed by atoms with Crippen LogP contribution in [-0.4, -0.2) is 15.9 Å². The largest absolute Gasteiger partial charge is 2.00 e. The van der Waals surface area contributed by atoms with E-state index in [4.69, 9.17) is 34.3 Å². The molecule has 0 aliphatic rings. The van der Waals surface area contributed by atoms with Crippen molar-refractivity contribution >= 4 is 14.0 Å². The van der Waals surface area contributed by atoms with Gasteiger partial charge in [0.15, 0.2) is 0 Å². The Balaban J connectivity index is -0.0000000383. The van der Waals surface area contributed by atoms with Crippen molar-refractivity contribution in [3.63, 3.8) is 0 Å². The number of rotatable bonds is 0. The standard InChI is InChI=1S/CH2O3.Fe.Li.H3O4P/c2-1(3)4;;;1-5(2,3)4/h(H2,2,3,4);;;(H3,1,2,3,4)/q;+2;+1;/p-3. The van der Waals surface area contributed by atoms with Gasteiger partial charge in [-0.05, 0) is 6.16 Å². The molecule has 0 radical (unpaired) electrons. The number of carboxylic acid groups (broad SMARTS) is 2. The number of hydrogen-bond acceptors (Lipinski definition) is 5. The average molecular weight is 220 g/mol. The van der Waals surface area contributed by atoms with E-state index < -0.39 is 14.0 Å². The van der Waals surface area contributed by atoms with E-state index in [0.717, 1.165) is 0 Å². The van der Waals surface area contributed by atoms with Gasteiger partial charge in [-0.1, -0.05) is 0 Å². The summed E-state index contributed by atoms with van der Waals surface area (Å²) in [5.41, 5.74) is 0. The van der Waals surface area contributed by atoms with Crippen LogP contribution in [0.4, 0.5) is 4.79 Å². The van der Waals surface area contributed by atoms with Gasteiger partial charge in [0.2, 0.25) is 0 Å². The first-order valence-corrected chi connectivity index (χ1v) is 2.91. The Morgan fingerprint density at radius 2 is 1.27 bits per heavy atom. The van der Waals surface area contributed by atoms with Crippen LogP contribution in [0.25, 0.3) is 0 Å². The van der Waals surface area contributed by atoms with Gasteiger partial charge in [0, 0.05) is 0 Å². The monoisotopic (exact) mass is 220 g/mol. The minimum atomic E-state index is -4.89. The molecule has 0 rings (SSSR count). The first kappa shape index (κ1) is 22.5. The van der Waals surface area contributed by atoms with Gasteiger partial charge in [0.05, 0.1) is 0 Å². The average Bonchev–Trinajstić information content (AvgIpc) is 1.19. The molecule has 0 fully saturated rings. The molecule has 0 aliphatic carbocycles. The molecule has 0 atom stereocenters. The topological polar surface area (TPSA) is 144 Å². The summed E-state index contributed by atoms with van der Waals surface area (Å²) in [5.74, 6) is 0. The van der Waals surface area contributed by atoms with Crippen molar-refractivity contribution in [2.24, 2.45) is 0 Å². The van der Waals surface area contributed by atoms with Crippen LogP contribution in [0.1, 0.15) is 0 Å². The normalized spacial score (nSPS) is 7.55. The van der Waals surface area contributed by atoms with E-state index in [1.54, 1.807) is 0 Å². The van der Waals surface area contributed by atoms with Crippen LogP contribution >= 0.6 is 7.82 Å². The summed E-state index contributed by atoms with van der Waals surface area (Å²) in [5, 5.41) is 16.7.